The molecule has 0 aliphatic carbocycles. The summed E-state index contributed by atoms with van der Waals surface area (Å²) in [6.07, 6.45) is -0.163. The van der Waals surface area contributed by atoms with Gasteiger partial charge in [0.1, 0.15) is 6.10 Å². The molecule has 21 heavy (non-hydrogen) atoms. The molecule has 2 atom stereocenters. The van der Waals surface area contributed by atoms with Crippen LogP contribution in [0, 0.1) is 0 Å². The number of nitrogens with one attached hydrogen (secondary N) is 2. The van der Waals surface area contributed by atoms with Crippen molar-refractivity contribution in [2.24, 2.45) is 0 Å². The van der Waals surface area contributed by atoms with E-state index in [1.165, 1.54) is 0 Å². The predicted octanol–water partition coefficient (Wildman–Crippen LogP) is 0.697. The van der Waals surface area contributed by atoms with Crippen LogP contribution in [0.25, 0.3) is 0 Å². The molecule has 0 bridgehead atoms. The zero-order valence-electron chi connectivity index (χ0n) is 11.7. The van der Waals surface area contributed by atoms with Gasteiger partial charge in [-0.1, -0.05) is 30.3 Å². The summed E-state index contributed by atoms with van der Waals surface area (Å²) in [6.45, 7) is 1.72. The number of aliphatic carboxylic acids is 1. The Morgan fingerprint density at radius 3 is 2.76 bits per heavy atom. The third-order valence-corrected chi connectivity index (χ3v) is 3.39. The van der Waals surface area contributed by atoms with Gasteiger partial charge in [0, 0.05) is 19.5 Å². The highest BCUT2D eigenvalue weighted by Gasteiger charge is 2.24. The third kappa shape index (κ3) is 4.84. The summed E-state index contributed by atoms with van der Waals surface area (Å²) in [5.74, 6) is -1.08. The number of rotatable bonds is 6. The van der Waals surface area contributed by atoms with Gasteiger partial charge in [-0.3, -0.25) is 9.59 Å². The van der Waals surface area contributed by atoms with Gasteiger partial charge in [-0.05, 0) is 12.0 Å². The first-order chi connectivity index (χ1) is 10.2. The van der Waals surface area contributed by atoms with E-state index < -0.39 is 12.1 Å². The maximum absolute atomic E-state index is 12.2. The van der Waals surface area contributed by atoms with Crippen LogP contribution in [0.5, 0.6) is 0 Å². The average molecular weight is 292 g/mol. The largest absolute Gasteiger partial charge is 0.481 e. The fourth-order valence-corrected chi connectivity index (χ4v) is 2.27. The second-order valence-electron chi connectivity index (χ2n) is 4.97. The second-order valence-corrected chi connectivity index (χ2v) is 4.97. The quantitative estimate of drug-likeness (QED) is 0.718. The van der Waals surface area contributed by atoms with Crippen molar-refractivity contribution in [3.05, 3.63) is 35.9 Å². The third-order valence-electron chi connectivity index (χ3n) is 3.39. The van der Waals surface area contributed by atoms with Gasteiger partial charge in [-0.25, -0.2) is 0 Å². The van der Waals surface area contributed by atoms with Crippen LogP contribution in [0.15, 0.2) is 30.3 Å². The van der Waals surface area contributed by atoms with Gasteiger partial charge in [0.2, 0.25) is 0 Å². The number of benzene rings is 1. The molecule has 2 unspecified atom stereocenters. The van der Waals surface area contributed by atoms with Crippen molar-refractivity contribution in [2.75, 3.05) is 19.7 Å². The standard InChI is InChI=1S/C15H20N2O4/c18-14(19)7-6-12(11-4-2-1-3-5-11)17-15(20)13-10-16-8-9-21-13/h1-5,12-13,16H,6-10H2,(H,17,20)(H,18,19). The maximum Gasteiger partial charge on any atom is 0.303 e. The van der Waals surface area contributed by atoms with Crippen molar-refractivity contribution < 1.29 is 19.4 Å². The van der Waals surface area contributed by atoms with Crippen molar-refractivity contribution in [3.63, 3.8) is 0 Å². The number of carboxylic acid groups (broad SMARTS) is 1. The number of hydrogen-bond donors (Lipinski definition) is 3. The van der Waals surface area contributed by atoms with Crippen LogP contribution in [-0.4, -0.2) is 42.8 Å². The normalized spacial score (nSPS) is 19.7. The summed E-state index contributed by atoms with van der Waals surface area (Å²) >= 11 is 0. The van der Waals surface area contributed by atoms with E-state index in [2.05, 4.69) is 10.6 Å². The molecule has 1 aromatic carbocycles. The van der Waals surface area contributed by atoms with Gasteiger partial charge in [0.15, 0.2) is 0 Å². The van der Waals surface area contributed by atoms with Crippen LogP contribution >= 0.6 is 0 Å². The molecular formula is C15H20N2O4. The summed E-state index contributed by atoms with van der Waals surface area (Å²) in [6, 6.07) is 9.06. The zero-order valence-corrected chi connectivity index (χ0v) is 11.7. The summed E-state index contributed by atoms with van der Waals surface area (Å²) in [4.78, 5) is 23.0. The van der Waals surface area contributed by atoms with Crippen LogP contribution in [0.1, 0.15) is 24.4 Å². The number of amides is 1. The first-order valence-electron chi connectivity index (χ1n) is 7.06. The molecule has 1 aliphatic heterocycles. The highest BCUT2D eigenvalue weighted by molar-refractivity contribution is 5.81. The molecule has 1 heterocycles. The van der Waals surface area contributed by atoms with E-state index in [9.17, 15) is 9.59 Å². The van der Waals surface area contributed by atoms with Crippen LogP contribution < -0.4 is 10.6 Å². The lowest BCUT2D eigenvalue weighted by Crippen LogP contribution is -2.48. The molecule has 0 aromatic heterocycles. The van der Waals surface area contributed by atoms with E-state index in [1.807, 2.05) is 30.3 Å². The topological polar surface area (TPSA) is 87.7 Å². The van der Waals surface area contributed by atoms with Gasteiger partial charge in [-0.2, -0.15) is 0 Å². The molecule has 6 heteroatoms. The molecule has 1 aliphatic rings. The lowest BCUT2D eigenvalue weighted by atomic mass is 10.0. The molecule has 0 radical (unpaired) electrons. The Hall–Kier alpha value is -1.92. The van der Waals surface area contributed by atoms with Crippen molar-refractivity contribution in [2.45, 2.75) is 25.0 Å². The fraction of sp³-hybridized carbons (Fsp3) is 0.467. The van der Waals surface area contributed by atoms with Crippen molar-refractivity contribution in [1.29, 1.82) is 0 Å². The van der Waals surface area contributed by atoms with Gasteiger partial charge in [0.25, 0.3) is 5.91 Å². The second kappa shape index (κ2) is 7.75. The maximum atomic E-state index is 12.2. The monoisotopic (exact) mass is 292 g/mol. The van der Waals surface area contributed by atoms with Crippen molar-refractivity contribution in [1.82, 2.24) is 10.6 Å². The summed E-state index contributed by atoms with van der Waals surface area (Å²) < 4.78 is 5.41. The Morgan fingerprint density at radius 1 is 1.38 bits per heavy atom. The highest BCUT2D eigenvalue weighted by atomic mass is 16.5. The lowest BCUT2D eigenvalue weighted by Gasteiger charge is -2.26. The molecule has 114 valence electrons. The molecule has 1 saturated heterocycles. The number of morpholine rings is 1. The minimum absolute atomic E-state index is 0.00359. The summed E-state index contributed by atoms with van der Waals surface area (Å²) in [7, 11) is 0. The SMILES string of the molecule is O=C(O)CCC(NC(=O)C1CNCCO1)c1ccccc1. The van der Waals surface area contributed by atoms with Gasteiger partial charge in [0.05, 0.1) is 12.6 Å². The van der Waals surface area contributed by atoms with E-state index in [-0.39, 0.29) is 18.4 Å². The molecule has 1 fully saturated rings. The van der Waals surface area contributed by atoms with Gasteiger partial charge in [-0.15, -0.1) is 0 Å². The molecular weight excluding hydrogens is 272 g/mol. The van der Waals surface area contributed by atoms with Gasteiger partial charge >= 0.3 is 5.97 Å². The van der Waals surface area contributed by atoms with E-state index in [0.29, 0.717) is 19.6 Å². The Morgan fingerprint density at radius 2 is 2.14 bits per heavy atom. The minimum Gasteiger partial charge on any atom is -0.481 e. The highest BCUT2D eigenvalue weighted by Crippen LogP contribution is 2.18. The van der Waals surface area contributed by atoms with Crippen LogP contribution in [0.2, 0.25) is 0 Å². The number of ether oxygens (including phenoxy) is 1. The lowest BCUT2D eigenvalue weighted by molar-refractivity contribution is -0.138. The fourth-order valence-electron chi connectivity index (χ4n) is 2.27. The van der Waals surface area contributed by atoms with Crippen LogP contribution in [0.4, 0.5) is 0 Å². The molecule has 6 nitrogen and oxygen atoms in total. The number of hydrogen-bond acceptors (Lipinski definition) is 4. The molecule has 1 aromatic rings. The van der Waals surface area contributed by atoms with Crippen molar-refractivity contribution in [3.8, 4) is 0 Å². The van der Waals surface area contributed by atoms with E-state index in [4.69, 9.17) is 9.84 Å². The molecule has 2 rings (SSSR count). The predicted molar refractivity (Wildman–Crippen MR) is 76.8 cm³/mol. The Balaban J connectivity index is 2.00. The van der Waals surface area contributed by atoms with Crippen LogP contribution in [0.3, 0.4) is 0 Å². The van der Waals surface area contributed by atoms with E-state index in [0.717, 1.165) is 12.1 Å². The molecule has 3 N–H and O–H groups in total. The summed E-state index contributed by atoms with van der Waals surface area (Å²) in [5.41, 5.74) is 0.899. The average Bonchev–Trinajstić information content (AvgIpc) is 2.52. The first-order valence-corrected chi connectivity index (χ1v) is 7.06. The molecule has 0 saturated carbocycles. The minimum atomic E-state index is -0.874. The van der Waals surface area contributed by atoms with Gasteiger partial charge < -0.3 is 20.5 Å². The Kier molecular flexibility index (Phi) is 5.71. The number of carbonyl (C=O) groups is 2. The number of carbonyl (C=O) groups excluding carboxylic acids is 1. The van der Waals surface area contributed by atoms with Crippen molar-refractivity contribution >= 4 is 11.9 Å². The Labute approximate surface area is 123 Å². The molecule has 0 spiro atoms. The Bertz CT molecular complexity index is 472. The molecule has 1 amide bonds. The zero-order chi connectivity index (χ0) is 15.1. The van der Waals surface area contributed by atoms with E-state index in [1.54, 1.807) is 0 Å². The summed E-state index contributed by atoms with van der Waals surface area (Å²) in [5, 5.41) is 14.8. The smallest absolute Gasteiger partial charge is 0.303 e. The van der Waals surface area contributed by atoms with E-state index >= 15 is 0 Å². The number of carboxylic acids is 1. The van der Waals surface area contributed by atoms with Crippen LogP contribution in [-0.2, 0) is 14.3 Å². The first kappa shape index (κ1) is 15.5.